The second kappa shape index (κ2) is 5.75. The number of rotatable bonds is 2. The van der Waals surface area contributed by atoms with Crippen LogP contribution in [0.15, 0.2) is 12.3 Å². The normalized spacial score (nSPS) is 24.2. The van der Waals surface area contributed by atoms with Crippen LogP contribution in [0.1, 0.15) is 30.1 Å². The highest BCUT2D eigenvalue weighted by molar-refractivity contribution is 6.32. The Balaban J connectivity index is 2.03. The van der Waals surface area contributed by atoms with Crippen LogP contribution < -0.4 is 11.1 Å². The highest BCUT2D eigenvalue weighted by atomic mass is 35.5. The van der Waals surface area contributed by atoms with Gasteiger partial charge in [0.25, 0.3) is 5.91 Å². The number of anilines is 1. The summed E-state index contributed by atoms with van der Waals surface area (Å²) in [6, 6.07) is 2.20. The number of hydrogen-bond donors (Lipinski definition) is 2. The van der Waals surface area contributed by atoms with Gasteiger partial charge in [-0.2, -0.15) is 0 Å². The molecule has 0 aromatic carbocycles. The fraction of sp³-hybridized carbons (Fsp3) is 0.538. The fourth-order valence-corrected chi connectivity index (χ4v) is 2.50. The third-order valence-corrected chi connectivity index (χ3v) is 3.95. The first kappa shape index (κ1) is 14.1. The predicted octanol–water partition coefficient (Wildman–Crippen LogP) is 1.53. The van der Waals surface area contributed by atoms with Gasteiger partial charge >= 0.3 is 0 Å². The van der Waals surface area contributed by atoms with Crippen molar-refractivity contribution in [2.24, 2.45) is 0 Å². The fourth-order valence-electron chi connectivity index (χ4n) is 2.31. The average Bonchev–Trinajstić information content (AvgIpc) is 2.36. The molecule has 2 heterocycles. The van der Waals surface area contributed by atoms with Crippen LogP contribution in [0, 0.1) is 0 Å². The van der Waals surface area contributed by atoms with E-state index < -0.39 is 0 Å². The minimum atomic E-state index is -0.202. The van der Waals surface area contributed by atoms with Crippen LogP contribution >= 0.6 is 11.6 Å². The molecule has 3 N–H and O–H groups in total. The van der Waals surface area contributed by atoms with Gasteiger partial charge in [-0.15, -0.1) is 0 Å². The number of amides is 1. The molecule has 6 heteroatoms. The van der Waals surface area contributed by atoms with E-state index in [9.17, 15) is 4.79 Å². The summed E-state index contributed by atoms with van der Waals surface area (Å²) in [5, 5.41) is 3.20. The van der Waals surface area contributed by atoms with Crippen molar-refractivity contribution < 1.29 is 4.79 Å². The van der Waals surface area contributed by atoms with Crippen molar-refractivity contribution in [3.05, 3.63) is 23.0 Å². The van der Waals surface area contributed by atoms with Gasteiger partial charge in [0.05, 0.1) is 17.4 Å². The highest BCUT2D eigenvalue weighted by Gasteiger charge is 2.25. The molecular weight excluding hydrogens is 264 g/mol. The van der Waals surface area contributed by atoms with Gasteiger partial charge in [-0.3, -0.25) is 4.79 Å². The predicted molar refractivity (Wildman–Crippen MR) is 76.2 cm³/mol. The van der Waals surface area contributed by atoms with Gasteiger partial charge in [-0.25, -0.2) is 4.98 Å². The molecule has 0 bridgehead atoms. The van der Waals surface area contributed by atoms with Crippen LogP contribution in [-0.4, -0.2) is 41.5 Å². The van der Waals surface area contributed by atoms with E-state index in [1.807, 2.05) is 0 Å². The summed E-state index contributed by atoms with van der Waals surface area (Å²) < 4.78 is 0. The van der Waals surface area contributed by atoms with Crippen LogP contribution in [0.25, 0.3) is 0 Å². The van der Waals surface area contributed by atoms with Gasteiger partial charge in [0.15, 0.2) is 0 Å². The molecule has 19 heavy (non-hydrogen) atoms. The third-order valence-electron chi connectivity index (χ3n) is 3.65. The molecule has 0 spiro atoms. The summed E-state index contributed by atoms with van der Waals surface area (Å²) in [5.41, 5.74) is 6.41. The summed E-state index contributed by atoms with van der Waals surface area (Å²) >= 11 is 5.92. The van der Waals surface area contributed by atoms with Crippen LogP contribution in [0.5, 0.6) is 0 Å². The maximum atomic E-state index is 12.2. The Kier molecular flexibility index (Phi) is 4.27. The van der Waals surface area contributed by atoms with Crippen molar-refractivity contribution in [2.75, 3.05) is 19.3 Å². The molecule has 0 saturated carbocycles. The van der Waals surface area contributed by atoms with Crippen molar-refractivity contribution in [2.45, 2.75) is 31.8 Å². The van der Waals surface area contributed by atoms with E-state index in [0.29, 0.717) is 17.3 Å². The Morgan fingerprint density at radius 2 is 2.37 bits per heavy atom. The molecule has 0 aliphatic carbocycles. The molecule has 2 unspecified atom stereocenters. The molecule has 104 valence electrons. The van der Waals surface area contributed by atoms with Crippen molar-refractivity contribution in [1.29, 1.82) is 0 Å². The minimum absolute atomic E-state index is 0.177. The standard InChI is InChI=1S/C13H19ClN4O/c1-8-5-10(3-4-18(8)2)17-13(19)11-6-9(15)7-16-12(11)14/h6-8,10H,3-5,15H2,1-2H3,(H,17,19). The first-order valence-corrected chi connectivity index (χ1v) is 6.77. The first-order valence-electron chi connectivity index (χ1n) is 6.39. The number of halogens is 1. The molecular formula is C13H19ClN4O. The molecule has 1 aliphatic rings. The Labute approximate surface area is 118 Å². The SMILES string of the molecule is CC1CC(NC(=O)c2cc(N)cnc2Cl)CCN1C. The summed E-state index contributed by atoms with van der Waals surface area (Å²) in [5.74, 6) is -0.202. The van der Waals surface area contributed by atoms with Crippen molar-refractivity contribution in [3.8, 4) is 0 Å². The Bertz CT molecular complexity index is 480. The summed E-state index contributed by atoms with van der Waals surface area (Å²) in [6.45, 7) is 3.14. The average molecular weight is 283 g/mol. The van der Waals surface area contributed by atoms with Gasteiger partial charge in [0, 0.05) is 18.6 Å². The lowest BCUT2D eigenvalue weighted by atomic mass is 9.98. The Morgan fingerprint density at radius 3 is 3.05 bits per heavy atom. The molecule has 1 saturated heterocycles. The molecule has 1 aromatic heterocycles. The summed E-state index contributed by atoms with van der Waals surface area (Å²) in [7, 11) is 2.10. The quantitative estimate of drug-likeness (QED) is 0.807. The topological polar surface area (TPSA) is 71.2 Å². The zero-order valence-electron chi connectivity index (χ0n) is 11.2. The lowest BCUT2D eigenvalue weighted by molar-refractivity contribution is 0.0896. The molecule has 0 radical (unpaired) electrons. The van der Waals surface area contributed by atoms with Crippen LogP contribution in [-0.2, 0) is 0 Å². The summed E-state index contributed by atoms with van der Waals surface area (Å²) in [6.07, 6.45) is 3.33. The van der Waals surface area contributed by atoms with E-state index in [0.717, 1.165) is 19.4 Å². The lowest BCUT2D eigenvalue weighted by Gasteiger charge is -2.35. The van der Waals surface area contributed by atoms with E-state index in [2.05, 4.69) is 29.2 Å². The number of nitrogens with zero attached hydrogens (tertiary/aromatic N) is 2. The van der Waals surface area contributed by atoms with Gasteiger partial charge in [0.1, 0.15) is 5.15 Å². The smallest absolute Gasteiger partial charge is 0.254 e. The van der Waals surface area contributed by atoms with E-state index in [4.69, 9.17) is 17.3 Å². The number of piperidine rings is 1. The number of nitrogens with two attached hydrogens (primary N) is 1. The van der Waals surface area contributed by atoms with E-state index in [-0.39, 0.29) is 17.1 Å². The summed E-state index contributed by atoms with van der Waals surface area (Å²) in [4.78, 5) is 18.4. The number of hydrogen-bond acceptors (Lipinski definition) is 4. The van der Waals surface area contributed by atoms with Crippen LogP contribution in [0.4, 0.5) is 5.69 Å². The second-order valence-electron chi connectivity index (χ2n) is 5.13. The van der Waals surface area contributed by atoms with Gasteiger partial charge < -0.3 is 16.0 Å². The maximum absolute atomic E-state index is 12.2. The monoisotopic (exact) mass is 282 g/mol. The third kappa shape index (κ3) is 3.36. The molecule has 1 amide bonds. The van der Waals surface area contributed by atoms with Gasteiger partial charge in [-0.1, -0.05) is 11.6 Å². The zero-order valence-corrected chi connectivity index (χ0v) is 11.9. The second-order valence-corrected chi connectivity index (χ2v) is 5.49. The Hall–Kier alpha value is -1.33. The van der Waals surface area contributed by atoms with Crippen molar-refractivity contribution >= 4 is 23.2 Å². The number of nitrogen functional groups attached to an aromatic ring is 1. The number of pyridine rings is 1. The number of carbonyl (C=O) groups excluding carboxylic acids is 1. The molecule has 1 fully saturated rings. The van der Waals surface area contributed by atoms with Crippen molar-refractivity contribution in [1.82, 2.24) is 15.2 Å². The van der Waals surface area contributed by atoms with Gasteiger partial charge in [0.2, 0.25) is 0 Å². The van der Waals surface area contributed by atoms with E-state index in [1.54, 1.807) is 6.07 Å². The van der Waals surface area contributed by atoms with Crippen LogP contribution in [0.2, 0.25) is 5.15 Å². The lowest BCUT2D eigenvalue weighted by Crippen LogP contribution is -2.47. The molecule has 1 aromatic rings. The number of carbonyl (C=O) groups is 1. The van der Waals surface area contributed by atoms with E-state index >= 15 is 0 Å². The highest BCUT2D eigenvalue weighted by Crippen LogP contribution is 2.18. The number of aromatic nitrogens is 1. The largest absolute Gasteiger partial charge is 0.397 e. The maximum Gasteiger partial charge on any atom is 0.254 e. The molecule has 1 aliphatic heterocycles. The molecule has 5 nitrogen and oxygen atoms in total. The number of likely N-dealkylation sites (tertiary alicyclic amines) is 1. The molecule has 2 rings (SSSR count). The Morgan fingerprint density at radius 1 is 1.63 bits per heavy atom. The van der Waals surface area contributed by atoms with E-state index in [1.165, 1.54) is 6.20 Å². The molecule has 2 atom stereocenters. The van der Waals surface area contributed by atoms with Gasteiger partial charge in [-0.05, 0) is 32.9 Å². The number of nitrogens with one attached hydrogen (secondary N) is 1. The first-order chi connectivity index (χ1) is 8.97. The zero-order chi connectivity index (χ0) is 14.0. The van der Waals surface area contributed by atoms with Crippen LogP contribution in [0.3, 0.4) is 0 Å². The minimum Gasteiger partial charge on any atom is -0.397 e. The van der Waals surface area contributed by atoms with Crippen molar-refractivity contribution in [3.63, 3.8) is 0 Å².